The highest BCUT2D eigenvalue weighted by atomic mass is 16.5. The highest BCUT2D eigenvalue weighted by molar-refractivity contribution is 5.79. The molecule has 0 aliphatic rings. The molecular formula is C36H37N3O3. The van der Waals surface area contributed by atoms with Gasteiger partial charge in [0.1, 0.15) is 5.82 Å². The van der Waals surface area contributed by atoms with E-state index < -0.39 is 0 Å². The molecule has 5 aromatic rings. The fourth-order valence-electron chi connectivity index (χ4n) is 5.06. The van der Waals surface area contributed by atoms with Crippen LogP contribution in [0.3, 0.4) is 0 Å². The van der Waals surface area contributed by atoms with Crippen molar-refractivity contribution in [2.75, 3.05) is 13.7 Å². The van der Waals surface area contributed by atoms with Gasteiger partial charge in [0.05, 0.1) is 37.7 Å². The SMILES string of the molecule is C=CCc1ccc(OCCCCn2c(CNC(=O)Cc3ccc(-c4ccccc4)cc3)nc3ccccc32)c(OC)c1. The molecule has 214 valence electrons. The lowest BCUT2D eigenvalue weighted by Gasteiger charge is -2.13. The maximum atomic E-state index is 12.8. The first-order valence-electron chi connectivity index (χ1n) is 14.4. The molecular weight excluding hydrogens is 522 g/mol. The van der Waals surface area contributed by atoms with Crippen molar-refractivity contribution in [2.45, 2.75) is 38.8 Å². The van der Waals surface area contributed by atoms with Crippen LogP contribution < -0.4 is 14.8 Å². The smallest absolute Gasteiger partial charge is 0.224 e. The Morgan fingerprint density at radius 3 is 2.40 bits per heavy atom. The number of amides is 1. The van der Waals surface area contributed by atoms with Crippen molar-refractivity contribution in [1.82, 2.24) is 14.9 Å². The number of para-hydroxylation sites is 2. The summed E-state index contributed by atoms with van der Waals surface area (Å²) in [6.07, 6.45) is 4.77. The minimum atomic E-state index is -0.0254. The molecule has 5 rings (SSSR count). The molecule has 1 aromatic heterocycles. The second kappa shape index (κ2) is 14.2. The highest BCUT2D eigenvalue weighted by Crippen LogP contribution is 2.28. The van der Waals surface area contributed by atoms with Gasteiger partial charge in [-0.25, -0.2) is 4.98 Å². The summed E-state index contributed by atoms with van der Waals surface area (Å²) in [6.45, 7) is 5.54. The normalized spacial score (nSPS) is 10.9. The Bertz CT molecular complexity index is 1620. The number of aryl methyl sites for hydroxylation is 1. The van der Waals surface area contributed by atoms with E-state index in [1.165, 1.54) is 0 Å². The quantitative estimate of drug-likeness (QED) is 0.116. The summed E-state index contributed by atoms with van der Waals surface area (Å²) in [5, 5.41) is 3.08. The third kappa shape index (κ3) is 7.26. The van der Waals surface area contributed by atoms with Crippen LogP contribution in [0.5, 0.6) is 11.5 Å². The van der Waals surface area contributed by atoms with Gasteiger partial charge in [-0.05, 0) is 65.8 Å². The van der Waals surface area contributed by atoms with Crippen molar-refractivity contribution in [3.63, 3.8) is 0 Å². The van der Waals surface area contributed by atoms with Gasteiger partial charge in [-0.3, -0.25) is 4.79 Å². The van der Waals surface area contributed by atoms with Gasteiger partial charge < -0.3 is 19.4 Å². The zero-order valence-electron chi connectivity index (χ0n) is 24.1. The van der Waals surface area contributed by atoms with Crippen molar-refractivity contribution in [3.05, 3.63) is 127 Å². The monoisotopic (exact) mass is 559 g/mol. The van der Waals surface area contributed by atoms with Gasteiger partial charge in [0.2, 0.25) is 5.91 Å². The third-order valence-corrected chi connectivity index (χ3v) is 7.24. The first-order valence-corrected chi connectivity index (χ1v) is 14.4. The molecule has 4 aromatic carbocycles. The maximum absolute atomic E-state index is 12.8. The Labute approximate surface area is 247 Å². The van der Waals surface area contributed by atoms with E-state index in [9.17, 15) is 4.79 Å². The zero-order chi connectivity index (χ0) is 29.1. The Hall–Kier alpha value is -4.84. The number of ether oxygens (including phenoxy) is 2. The average molecular weight is 560 g/mol. The number of rotatable bonds is 14. The molecule has 0 bridgehead atoms. The first-order chi connectivity index (χ1) is 20.6. The summed E-state index contributed by atoms with van der Waals surface area (Å²) < 4.78 is 13.8. The lowest BCUT2D eigenvalue weighted by Crippen LogP contribution is -2.26. The van der Waals surface area contributed by atoms with E-state index in [1.807, 2.05) is 72.8 Å². The number of carbonyl (C=O) groups excluding carboxylic acids is 1. The molecule has 0 aliphatic heterocycles. The molecule has 0 unspecified atom stereocenters. The van der Waals surface area contributed by atoms with Gasteiger partial charge >= 0.3 is 0 Å². The number of hydrogen-bond donors (Lipinski definition) is 1. The van der Waals surface area contributed by atoms with Crippen LogP contribution in [-0.4, -0.2) is 29.2 Å². The summed E-state index contributed by atoms with van der Waals surface area (Å²) in [5.41, 5.74) is 6.42. The molecule has 42 heavy (non-hydrogen) atoms. The second-order valence-electron chi connectivity index (χ2n) is 10.2. The van der Waals surface area contributed by atoms with Crippen molar-refractivity contribution in [3.8, 4) is 22.6 Å². The lowest BCUT2D eigenvalue weighted by molar-refractivity contribution is -0.120. The standard InChI is InChI=1S/C36H37N3O3/c1-3-11-27-18-21-33(34(24-27)41-2)42-23-10-9-22-39-32-15-8-7-14-31(32)38-35(39)26-37-36(40)25-28-16-19-30(20-17-28)29-12-5-4-6-13-29/h3-8,12-21,24H,1,9-11,22-23,25-26H2,2H3,(H,37,40). The van der Waals surface area contributed by atoms with Crippen molar-refractivity contribution < 1.29 is 14.3 Å². The van der Waals surface area contributed by atoms with Crippen molar-refractivity contribution in [2.24, 2.45) is 0 Å². The van der Waals surface area contributed by atoms with Gasteiger partial charge in [-0.2, -0.15) is 0 Å². The van der Waals surface area contributed by atoms with Crippen LogP contribution in [-0.2, 0) is 30.7 Å². The molecule has 0 aliphatic carbocycles. The van der Waals surface area contributed by atoms with E-state index in [-0.39, 0.29) is 5.91 Å². The Balaban J connectivity index is 1.15. The minimum absolute atomic E-state index is 0.0254. The molecule has 6 heteroatoms. The number of unbranched alkanes of at least 4 members (excludes halogenated alkanes) is 1. The summed E-state index contributed by atoms with van der Waals surface area (Å²) >= 11 is 0. The van der Waals surface area contributed by atoms with E-state index in [2.05, 4.69) is 46.8 Å². The number of aromatic nitrogens is 2. The predicted octanol–water partition coefficient (Wildman–Crippen LogP) is 7.16. The third-order valence-electron chi connectivity index (χ3n) is 7.24. The highest BCUT2D eigenvalue weighted by Gasteiger charge is 2.12. The Morgan fingerprint density at radius 1 is 0.881 bits per heavy atom. The number of imidazole rings is 1. The second-order valence-corrected chi connectivity index (χ2v) is 10.2. The molecule has 0 spiro atoms. The molecule has 0 saturated carbocycles. The Morgan fingerprint density at radius 2 is 1.62 bits per heavy atom. The summed E-state index contributed by atoms with van der Waals surface area (Å²) in [7, 11) is 1.66. The topological polar surface area (TPSA) is 65.4 Å². The van der Waals surface area contributed by atoms with Crippen molar-refractivity contribution >= 4 is 16.9 Å². The fraction of sp³-hybridized carbons (Fsp3) is 0.222. The van der Waals surface area contributed by atoms with Crippen LogP contribution >= 0.6 is 0 Å². The Kier molecular flexibility index (Phi) is 9.68. The van der Waals surface area contributed by atoms with Gasteiger partial charge in [0.15, 0.2) is 11.5 Å². The number of nitrogens with one attached hydrogen (secondary N) is 1. The van der Waals surface area contributed by atoms with Crippen LogP contribution in [0.2, 0.25) is 0 Å². The molecule has 0 atom stereocenters. The molecule has 0 saturated heterocycles. The molecule has 1 heterocycles. The fourth-order valence-corrected chi connectivity index (χ4v) is 5.06. The largest absolute Gasteiger partial charge is 0.493 e. The average Bonchev–Trinajstić information content (AvgIpc) is 3.38. The van der Waals surface area contributed by atoms with Crippen LogP contribution in [0.25, 0.3) is 22.2 Å². The summed E-state index contributed by atoms with van der Waals surface area (Å²) in [4.78, 5) is 17.7. The van der Waals surface area contributed by atoms with Gasteiger partial charge in [-0.1, -0.05) is 78.9 Å². The van der Waals surface area contributed by atoms with Crippen LogP contribution in [0.1, 0.15) is 29.8 Å². The number of carbonyl (C=O) groups is 1. The van der Waals surface area contributed by atoms with Crippen LogP contribution in [0.15, 0.2) is 110 Å². The number of fused-ring (bicyclic) bond motifs is 1. The van der Waals surface area contributed by atoms with Gasteiger partial charge in [0.25, 0.3) is 0 Å². The lowest BCUT2D eigenvalue weighted by atomic mass is 10.0. The molecule has 1 amide bonds. The van der Waals surface area contributed by atoms with E-state index in [1.54, 1.807) is 7.11 Å². The maximum Gasteiger partial charge on any atom is 0.224 e. The molecule has 1 N–H and O–H groups in total. The number of nitrogens with zero attached hydrogens (tertiary/aromatic N) is 2. The van der Waals surface area contributed by atoms with E-state index in [0.717, 1.165) is 76.4 Å². The number of methoxy groups -OCH3 is 1. The van der Waals surface area contributed by atoms with Gasteiger partial charge in [0, 0.05) is 6.54 Å². The zero-order valence-corrected chi connectivity index (χ0v) is 24.1. The molecule has 6 nitrogen and oxygen atoms in total. The van der Waals surface area contributed by atoms with Crippen LogP contribution in [0.4, 0.5) is 0 Å². The molecule has 0 fully saturated rings. The van der Waals surface area contributed by atoms with Crippen LogP contribution in [0, 0.1) is 0 Å². The molecule has 0 radical (unpaired) electrons. The number of hydrogen-bond acceptors (Lipinski definition) is 4. The van der Waals surface area contributed by atoms with Crippen molar-refractivity contribution in [1.29, 1.82) is 0 Å². The first kappa shape index (κ1) is 28.7. The number of benzene rings is 4. The van der Waals surface area contributed by atoms with E-state index >= 15 is 0 Å². The summed E-state index contributed by atoms with van der Waals surface area (Å²) in [5.74, 6) is 2.31. The van der Waals surface area contributed by atoms with E-state index in [4.69, 9.17) is 14.5 Å². The summed E-state index contributed by atoms with van der Waals surface area (Å²) in [6, 6.07) is 32.5. The predicted molar refractivity (Wildman–Crippen MR) is 169 cm³/mol. The number of allylic oxidation sites excluding steroid dienone is 1. The minimum Gasteiger partial charge on any atom is -0.493 e. The van der Waals surface area contributed by atoms with E-state index in [0.29, 0.717) is 19.6 Å². The van der Waals surface area contributed by atoms with Gasteiger partial charge in [-0.15, -0.1) is 6.58 Å².